The lowest BCUT2D eigenvalue weighted by atomic mass is 9.99. The highest BCUT2D eigenvalue weighted by atomic mass is 16.7. The number of rotatable bonds is 15. The lowest BCUT2D eigenvalue weighted by molar-refractivity contribution is -0.297. The Morgan fingerprint density at radius 1 is 0.893 bits per heavy atom. The second kappa shape index (κ2) is 15.2. The zero-order valence-electron chi connectivity index (χ0n) is 17.6. The van der Waals surface area contributed by atoms with Gasteiger partial charge in [-0.3, -0.25) is 4.79 Å². The normalized spacial score (nSPS) is 27.7. The summed E-state index contributed by atoms with van der Waals surface area (Å²) in [5.74, 6) is -0.465. The molecule has 0 unspecified atom stereocenters. The molecule has 166 valence electrons. The van der Waals surface area contributed by atoms with Crippen LogP contribution in [0.5, 0.6) is 0 Å². The van der Waals surface area contributed by atoms with E-state index in [0.29, 0.717) is 0 Å². The van der Waals surface area contributed by atoms with Gasteiger partial charge in [0.25, 0.3) is 0 Å². The molecule has 1 rings (SSSR count). The van der Waals surface area contributed by atoms with Gasteiger partial charge in [-0.25, -0.2) is 0 Å². The van der Waals surface area contributed by atoms with Gasteiger partial charge in [-0.05, 0) is 6.42 Å². The third-order valence-corrected chi connectivity index (χ3v) is 5.31. The van der Waals surface area contributed by atoms with E-state index in [1.54, 1.807) is 0 Å². The molecule has 1 heterocycles. The summed E-state index contributed by atoms with van der Waals surface area (Å²) in [6.45, 7) is 1.77. The van der Waals surface area contributed by atoms with Crippen molar-refractivity contribution in [2.75, 3.05) is 13.7 Å². The van der Waals surface area contributed by atoms with Gasteiger partial charge in [-0.1, -0.05) is 71.1 Å². The van der Waals surface area contributed by atoms with Crippen LogP contribution in [0.2, 0.25) is 0 Å². The number of hydrogen-bond acceptors (Lipinski definition) is 7. The minimum Gasteiger partial charge on any atom is -0.456 e. The first-order chi connectivity index (χ1) is 13.5. The second-order valence-electron chi connectivity index (χ2n) is 7.68. The summed E-state index contributed by atoms with van der Waals surface area (Å²) in [5, 5.41) is 29.6. The van der Waals surface area contributed by atoms with Gasteiger partial charge in [0.05, 0.1) is 6.61 Å². The van der Waals surface area contributed by atoms with Crippen LogP contribution in [0.3, 0.4) is 0 Å². The van der Waals surface area contributed by atoms with Crippen molar-refractivity contribution in [3.05, 3.63) is 0 Å². The Bertz CT molecular complexity index is 388. The number of esters is 1. The highest BCUT2D eigenvalue weighted by Crippen LogP contribution is 2.24. The van der Waals surface area contributed by atoms with E-state index < -0.39 is 43.3 Å². The summed E-state index contributed by atoms with van der Waals surface area (Å²) in [5.41, 5.74) is 0. The maximum absolute atomic E-state index is 12.1. The Hall–Kier alpha value is -0.730. The summed E-state index contributed by atoms with van der Waals surface area (Å²) >= 11 is 0. The molecule has 0 aromatic heterocycles. The zero-order chi connectivity index (χ0) is 20.8. The van der Waals surface area contributed by atoms with Gasteiger partial charge in [0.2, 0.25) is 0 Å². The monoisotopic (exact) mass is 404 g/mol. The minimum absolute atomic E-state index is 0.245. The van der Waals surface area contributed by atoms with E-state index in [2.05, 4.69) is 6.92 Å². The fourth-order valence-corrected chi connectivity index (χ4v) is 3.53. The number of aliphatic hydroxyl groups excluding tert-OH is 3. The van der Waals surface area contributed by atoms with Gasteiger partial charge in [0, 0.05) is 13.5 Å². The van der Waals surface area contributed by atoms with Gasteiger partial charge in [-0.2, -0.15) is 0 Å². The number of methoxy groups -OCH3 is 1. The molecule has 28 heavy (non-hydrogen) atoms. The Morgan fingerprint density at radius 2 is 1.43 bits per heavy atom. The van der Waals surface area contributed by atoms with Gasteiger partial charge >= 0.3 is 5.97 Å². The van der Waals surface area contributed by atoms with Crippen molar-refractivity contribution in [3.8, 4) is 0 Å². The SMILES string of the molecule is CCCCCCCCCCCCCC(=O)O[C@@H]1[C@@H](O)[C@@H](OC)O[C@H](CO)[C@H]1O. The summed E-state index contributed by atoms with van der Waals surface area (Å²) in [6, 6.07) is 0. The molecule has 0 radical (unpaired) electrons. The summed E-state index contributed by atoms with van der Waals surface area (Å²) in [6.07, 6.45) is 7.59. The topological polar surface area (TPSA) is 105 Å². The molecule has 0 aromatic rings. The molecule has 3 N–H and O–H groups in total. The van der Waals surface area contributed by atoms with Crippen molar-refractivity contribution in [2.45, 2.75) is 115 Å². The smallest absolute Gasteiger partial charge is 0.306 e. The fraction of sp³-hybridized carbons (Fsp3) is 0.952. The van der Waals surface area contributed by atoms with Gasteiger partial charge in [0.15, 0.2) is 12.4 Å². The van der Waals surface area contributed by atoms with E-state index in [9.17, 15) is 20.1 Å². The molecule has 0 bridgehead atoms. The van der Waals surface area contributed by atoms with Crippen LogP contribution in [0, 0.1) is 0 Å². The molecule has 0 spiro atoms. The van der Waals surface area contributed by atoms with Gasteiger partial charge in [-0.15, -0.1) is 0 Å². The highest BCUT2D eigenvalue weighted by molar-refractivity contribution is 5.69. The number of ether oxygens (including phenoxy) is 3. The van der Waals surface area contributed by atoms with Crippen LogP contribution in [-0.2, 0) is 19.0 Å². The predicted octanol–water partition coefficient (Wildman–Crippen LogP) is 2.68. The highest BCUT2D eigenvalue weighted by Gasteiger charge is 2.46. The Kier molecular flexibility index (Phi) is 13.7. The first kappa shape index (κ1) is 25.3. The Morgan fingerprint density at radius 3 is 1.93 bits per heavy atom. The molecule has 1 aliphatic heterocycles. The van der Waals surface area contributed by atoms with Crippen LogP contribution in [0.15, 0.2) is 0 Å². The van der Waals surface area contributed by atoms with Gasteiger partial charge < -0.3 is 29.5 Å². The van der Waals surface area contributed by atoms with Crippen molar-refractivity contribution in [3.63, 3.8) is 0 Å². The molecule has 0 amide bonds. The average Bonchev–Trinajstić information content (AvgIpc) is 2.69. The van der Waals surface area contributed by atoms with Crippen LogP contribution in [-0.4, -0.2) is 65.7 Å². The number of carbonyl (C=O) groups excluding carboxylic acids is 1. The zero-order valence-corrected chi connectivity index (χ0v) is 17.6. The maximum atomic E-state index is 12.1. The van der Waals surface area contributed by atoms with Crippen molar-refractivity contribution in [1.29, 1.82) is 0 Å². The largest absolute Gasteiger partial charge is 0.456 e. The summed E-state index contributed by atoms with van der Waals surface area (Å²) in [7, 11) is 1.34. The molecule has 7 heteroatoms. The van der Waals surface area contributed by atoms with Crippen LogP contribution < -0.4 is 0 Å². The molecule has 1 saturated heterocycles. The first-order valence-corrected chi connectivity index (χ1v) is 10.9. The van der Waals surface area contributed by atoms with E-state index in [1.807, 2.05) is 0 Å². The third kappa shape index (κ3) is 9.18. The van der Waals surface area contributed by atoms with Crippen molar-refractivity contribution in [2.24, 2.45) is 0 Å². The fourth-order valence-electron chi connectivity index (χ4n) is 3.53. The third-order valence-electron chi connectivity index (χ3n) is 5.31. The van der Waals surface area contributed by atoms with Crippen molar-refractivity contribution in [1.82, 2.24) is 0 Å². The van der Waals surface area contributed by atoms with E-state index in [4.69, 9.17) is 14.2 Å². The Labute approximate surface area is 169 Å². The molecule has 0 saturated carbocycles. The lowest BCUT2D eigenvalue weighted by Crippen LogP contribution is -2.60. The predicted molar refractivity (Wildman–Crippen MR) is 106 cm³/mol. The molecular weight excluding hydrogens is 364 g/mol. The number of unbranched alkanes of at least 4 members (excludes halogenated alkanes) is 10. The molecule has 7 nitrogen and oxygen atoms in total. The first-order valence-electron chi connectivity index (χ1n) is 10.9. The molecular formula is C21H40O7. The van der Waals surface area contributed by atoms with Crippen LogP contribution >= 0.6 is 0 Å². The van der Waals surface area contributed by atoms with Crippen LogP contribution in [0.4, 0.5) is 0 Å². The number of carbonyl (C=O) groups is 1. The molecule has 0 aliphatic carbocycles. The minimum atomic E-state index is -1.30. The average molecular weight is 405 g/mol. The van der Waals surface area contributed by atoms with E-state index >= 15 is 0 Å². The second-order valence-corrected chi connectivity index (χ2v) is 7.68. The molecule has 0 aromatic carbocycles. The van der Waals surface area contributed by atoms with Crippen LogP contribution in [0.1, 0.15) is 84.0 Å². The summed E-state index contributed by atoms with van der Waals surface area (Å²) in [4.78, 5) is 12.1. The Balaban J connectivity index is 2.15. The number of hydrogen-bond donors (Lipinski definition) is 3. The molecule has 5 atom stereocenters. The number of aliphatic hydroxyl groups is 3. The van der Waals surface area contributed by atoms with E-state index in [1.165, 1.54) is 58.5 Å². The lowest BCUT2D eigenvalue weighted by Gasteiger charge is -2.40. The van der Waals surface area contributed by atoms with E-state index in [0.717, 1.165) is 19.3 Å². The maximum Gasteiger partial charge on any atom is 0.306 e. The van der Waals surface area contributed by atoms with Crippen LogP contribution in [0.25, 0.3) is 0 Å². The van der Waals surface area contributed by atoms with E-state index in [-0.39, 0.29) is 6.42 Å². The summed E-state index contributed by atoms with van der Waals surface area (Å²) < 4.78 is 15.5. The van der Waals surface area contributed by atoms with Crippen molar-refractivity contribution < 1.29 is 34.3 Å². The standard InChI is InChI=1S/C21H40O7/c1-3-4-5-6-7-8-9-10-11-12-13-14-17(23)28-20-18(24)16(15-22)27-21(26-2)19(20)25/h16,18-22,24-25H,3-15H2,1-2H3/t16-,18-,19-,20+,21+/m1/s1. The molecule has 1 aliphatic rings. The molecule has 1 fully saturated rings. The van der Waals surface area contributed by atoms with Gasteiger partial charge in [0.1, 0.15) is 18.3 Å². The quantitative estimate of drug-likeness (QED) is 0.285. The van der Waals surface area contributed by atoms with Crippen molar-refractivity contribution >= 4 is 5.97 Å².